The average molecular weight is 794 g/mol. The SMILES string of the molecule is CCN(CCCNC[C@H](O)c1ccc(O)c2[nH]c(=O)ccc12)C(=O)c1ccc(CCC(=O)N2CCC(C(=O)O[C@@H](CN)C3CCCCC3)(c3ccccc3)CC2)cc1. The summed E-state index contributed by atoms with van der Waals surface area (Å²) in [5.41, 5.74) is 8.36. The van der Waals surface area contributed by atoms with E-state index in [1.165, 1.54) is 18.6 Å². The minimum absolute atomic E-state index is 0.0447. The van der Waals surface area contributed by atoms with E-state index in [4.69, 9.17) is 10.5 Å². The van der Waals surface area contributed by atoms with Crippen LogP contribution in [-0.2, 0) is 26.2 Å². The summed E-state index contributed by atoms with van der Waals surface area (Å²) in [4.78, 5) is 58.8. The number of carbonyl (C=O) groups excluding carboxylic acids is 3. The zero-order valence-corrected chi connectivity index (χ0v) is 33.7. The van der Waals surface area contributed by atoms with Gasteiger partial charge in [-0.15, -0.1) is 0 Å². The Morgan fingerprint density at radius 2 is 1.71 bits per heavy atom. The molecule has 4 aromatic rings. The second kappa shape index (κ2) is 20.1. The van der Waals surface area contributed by atoms with E-state index < -0.39 is 11.5 Å². The van der Waals surface area contributed by atoms with Gasteiger partial charge in [-0.3, -0.25) is 19.2 Å². The maximum Gasteiger partial charge on any atom is 0.317 e. The number of aliphatic hydroxyl groups excluding tert-OH is 1. The minimum Gasteiger partial charge on any atom is -0.506 e. The topological polar surface area (TPSA) is 178 Å². The number of aromatic nitrogens is 1. The smallest absolute Gasteiger partial charge is 0.317 e. The summed E-state index contributed by atoms with van der Waals surface area (Å²) >= 11 is 0. The number of aromatic amines is 1. The van der Waals surface area contributed by atoms with Crippen LogP contribution in [0.2, 0.25) is 0 Å². The van der Waals surface area contributed by atoms with Crippen molar-refractivity contribution in [1.29, 1.82) is 0 Å². The number of esters is 1. The van der Waals surface area contributed by atoms with Crippen LogP contribution in [0.15, 0.2) is 83.7 Å². The molecule has 58 heavy (non-hydrogen) atoms. The number of hydrogen-bond donors (Lipinski definition) is 5. The largest absolute Gasteiger partial charge is 0.506 e. The molecule has 2 heterocycles. The number of H-pyrrole nitrogens is 1. The number of likely N-dealkylation sites (tertiary alicyclic amines) is 1. The number of fused-ring (bicyclic) bond motifs is 1. The highest BCUT2D eigenvalue weighted by Crippen LogP contribution is 2.39. The number of nitrogens with one attached hydrogen (secondary N) is 2. The molecular weight excluding hydrogens is 735 g/mol. The Balaban J connectivity index is 0.954. The minimum atomic E-state index is -0.859. The van der Waals surface area contributed by atoms with Crippen molar-refractivity contribution in [3.8, 4) is 5.75 Å². The molecule has 2 atom stereocenters. The number of rotatable bonds is 17. The Labute approximate surface area is 340 Å². The maximum absolute atomic E-state index is 14.0. The Bertz CT molecular complexity index is 2040. The molecule has 1 aliphatic heterocycles. The van der Waals surface area contributed by atoms with E-state index in [1.807, 2.05) is 66.4 Å². The number of amides is 2. The van der Waals surface area contributed by atoms with Crippen molar-refractivity contribution in [2.24, 2.45) is 11.7 Å². The number of aliphatic hydroxyl groups is 1. The monoisotopic (exact) mass is 793 g/mol. The Morgan fingerprint density at radius 3 is 2.40 bits per heavy atom. The zero-order chi connectivity index (χ0) is 41.1. The molecule has 2 aliphatic rings. The van der Waals surface area contributed by atoms with Crippen LogP contribution in [0, 0.1) is 5.92 Å². The molecule has 0 bridgehead atoms. The quantitative estimate of drug-likeness (QED) is 0.0697. The zero-order valence-electron chi connectivity index (χ0n) is 33.7. The van der Waals surface area contributed by atoms with Crippen molar-refractivity contribution in [2.45, 2.75) is 88.8 Å². The fourth-order valence-corrected chi connectivity index (χ4v) is 8.70. The lowest BCUT2D eigenvalue weighted by Gasteiger charge is -2.41. The molecule has 1 saturated heterocycles. The predicted octanol–water partition coefficient (Wildman–Crippen LogP) is 5.35. The first-order valence-electron chi connectivity index (χ1n) is 21.0. The summed E-state index contributed by atoms with van der Waals surface area (Å²) in [5.74, 6) is -0.00811. The highest BCUT2D eigenvalue weighted by Gasteiger charge is 2.46. The van der Waals surface area contributed by atoms with E-state index in [-0.39, 0.29) is 41.7 Å². The molecular formula is C46H59N5O7. The molecule has 1 saturated carbocycles. The van der Waals surface area contributed by atoms with Gasteiger partial charge in [-0.05, 0) is 98.9 Å². The molecule has 0 radical (unpaired) electrons. The lowest BCUT2D eigenvalue weighted by molar-refractivity contribution is -0.162. The highest BCUT2D eigenvalue weighted by atomic mass is 16.5. The Morgan fingerprint density at radius 1 is 0.983 bits per heavy atom. The number of benzene rings is 3. The van der Waals surface area contributed by atoms with Crippen molar-refractivity contribution >= 4 is 28.7 Å². The molecule has 0 spiro atoms. The summed E-state index contributed by atoms with van der Waals surface area (Å²) in [6, 6.07) is 23.3. The molecule has 0 unspecified atom stereocenters. The van der Waals surface area contributed by atoms with Gasteiger partial charge < -0.3 is 40.8 Å². The van der Waals surface area contributed by atoms with E-state index >= 15 is 0 Å². The van der Waals surface area contributed by atoms with Crippen molar-refractivity contribution in [3.05, 3.63) is 111 Å². The van der Waals surface area contributed by atoms with E-state index in [0.29, 0.717) is 99.3 Å². The number of phenolic OH excluding ortho intramolecular Hbond substituents is 1. The van der Waals surface area contributed by atoms with E-state index in [9.17, 15) is 29.4 Å². The van der Waals surface area contributed by atoms with Gasteiger partial charge in [0.05, 0.1) is 17.0 Å². The maximum atomic E-state index is 14.0. The molecule has 2 amide bonds. The fourth-order valence-electron chi connectivity index (χ4n) is 8.70. The molecule has 1 aliphatic carbocycles. The van der Waals surface area contributed by atoms with Crippen molar-refractivity contribution < 1.29 is 29.3 Å². The summed E-state index contributed by atoms with van der Waals surface area (Å²) in [6.07, 6.45) is 6.96. The van der Waals surface area contributed by atoms with Gasteiger partial charge in [0.1, 0.15) is 11.9 Å². The number of pyridine rings is 1. The van der Waals surface area contributed by atoms with Crippen LogP contribution in [0.5, 0.6) is 5.75 Å². The number of nitrogens with two attached hydrogens (primary N) is 1. The lowest BCUT2D eigenvalue weighted by atomic mass is 9.72. The molecule has 3 aromatic carbocycles. The van der Waals surface area contributed by atoms with Gasteiger partial charge in [0.25, 0.3) is 5.91 Å². The molecule has 310 valence electrons. The van der Waals surface area contributed by atoms with Gasteiger partial charge >= 0.3 is 5.97 Å². The third-order valence-corrected chi connectivity index (χ3v) is 12.2. The molecule has 12 heteroatoms. The summed E-state index contributed by atoms with van der Waals surface area (Å²) < 4.78 is 6.23. The number of ether oxygens (including phenoxy) is 1. The van der Waals surface area contributed by atoms with Gasteiger partial charge in [0.15, 0.2) is 0 Å². The number of aryl methyl sites for hydroxylation is 1. The van der Waals surface area contributed by atoms with E-state index in [0.717, 1.165) is 36.8 Å². The molecule has 6 rings (SSSR count). The fraction of sp³-hybridized carbons (Fsp3) is 0.478. The number of hydrogen-bond acceptors (Lipinski definition) is 9. The van der Waals surface area contributed by atoms with E-state index in [2.05, 4.69) is 10.3 Å². The third-order valence-electron chi connectivity index (χ3n) is 12.2. The van der Waals surface area contributed by atoms with Crippen LogP contribution >= 0.6 is 0 Å². The summed E-state index contributed by atoms with van der Waals surface area (Å²) in [7, 11) is 0. The average Bonchev–Trinajstić information content (AvgIpc) is 3.26. The lowest BCUT2D eigenvalue weighted by Crippen LogP contribution is -2.51. The molecule has 6 N–H and O–H groups in total. The Hall–Kier alpha value is -5.04. The van der Waals surface area contributed by atoms with Crippen molar-refractivity contribution in [3.63, 3.8) is 0 Å². The normalized spacial score (nSPS) is 16.8. The number of piperidine rings is 1. The van der Waals surface area contributed by atoms with Gasteiger partial charge in [0.2, 0.25) is 11.5 Å². The predicted molar refractivity (Wildman–Crippen MR) is 224 cm³/mol. The van der Waals surface area contributed by atoms with Gasteiger partial charge in [-0.2, -0.15) is 0 Å². The standard InChI is InChI=1S/C46H59N5O7/c1-2-50(27-9-26-48-31-39(53)36-19-21-38(52)43-37(36)20-22-41(54)49-43)44(56)34-17-14-32(15-18-34)16-23-42(55)51-28-24-46(25-29-51,35-12-7-4-8-13-35)45(57)58-40(30-47)33-10-5-3-6-11-33/h4,7-8,12-15,17-22,33,39-40,48,52-53H,2-3,5-6,9-11,16,23-31,47H2,1H3,(H,49,54)/t39-,40-/m0/s1. The molecule has 12 nitrogen and oxygen atoms in total. The Kier molecular flexibility index (Phi) is 14.7. The summed E-state index contributed by atoms with van der Waals surface area (Å²) in [5, 5.41) is 24.8. The molecule has 2 fully saturated rings. The summed E-state index contributed by atoms with van der Waals surface area (Å²) in [6.45, 7) is 5.11. The number of phenols is 1. The second-order valence-corrected chi connectivity index (χ2v) is 15.8. The van der Waals surface area contributed by atoms with E-state index in [1.54, 1.807) is 17.0 Å². The van der Waals surface area contributed by atoms with Crippen LogP contribution in [0.3, 0.4) is 0 Å². The van der Waals surface area contributed by atoms with Gasteiger partial charge in [0, 0.05) is 62.7 Å². The third kappa shape index (κ3) is 10.1. The van der Waals surface area contributed by atoms with Crippen LogP contribution in [0.4, 0.5) is 0 Å². The van der Waals surface area contributed by atoms with Crippen LogP contribution < -0.4 is 16.6 Å². The van der Waals surface area contributed by atoms with Crippen LogP contribution in [-0.4, -0.2) is 94.7 Å². The first-order chi connectivity index (χ1) is 28.1. The van der Waals surface area contributed by atoms with Gasteiger partial charge in [-0.25, -0.2) is 0 Å². The van der Waals surface area contributed by atoms with Crippen LogP contribution in [0.1, 0.15) is 97.9 Å². The number of carbonyl (C=O) groups is 3. The number of nitrogens with zero attached hydrogens (tertiary/aromatic N) is 2. The molecule has 1 aromatic heterocycles. The first kappa shape index (κ1) is 42.6. The highest BCUT2D eigenvalue weighted by molar-refractivity contribution is 5.94. The van der Waals surface area contributed by atoms with Crippen molar-refractivity contribution in [2.75, 3.05) is 45.8 Å². The number of aromatic hydroxyl groups is 1. The first-order valence-corrected chi connectivity index (χ1v) is 21.0. The van der Waals surface area contributed by atoms with Crippen molar-refractivity contribution in [1.82, 2.24) is 20.1 Å². The van der Waals surface area contributed by atoms with Crippen LogP contribution in [0.25, 0.3) is 10.9 Å². The van der Waals surface area contributed by atoms with Gasteiger partial charge in [-0.1, -0.05) is 67.8 Å². The second-order valence-electron chi connectivity index (χ2n) is 15.8.